The van der Waals surface area contributed by atoms with Crippen molar-refractivity contribution in [1.29, 1.82) is 0 Å². The van der Waals surface area contributed by atoms with Crippen molar-refractivity contribution in [2.75, 3.05) is 19.6 Å². The van der Waals surface area contributed by atoms with E-state index in [9.17, 15) is 4.79 Å². The number of halogens is 1. The van der Waals surface area contributed by atoms with Crippen molar-refractivity contribution in [3.63, 3.8) is 0 Å². The van der Waals surface area contributed by atoms with Crippen molar-refractivity contribution >= 4 is 21.8 Å². The van der Waals surface area contributed by atoms with Gasteiger partial charge in [0.15, 0.2) is 11.5 Å². The van der Waals surface area contributed by atoms with E-state index in [0.29, 0.717) is 37.1 Å². The molecule has 1 amide bonds. The molecule has 0 saturated carbocycles. The highest BCUT2D eigenvalue weighted by Gasteiger charge is 2.24. The maximum atomic E-state index is 12.4. The predicted molar refractivity (Wildman–Crippen MR) is 78.9 cm³/mol. The van der Waals surface area contributed by atoms with Gasteiger partial charge in [-0.05, 0) is 22.9 Å². The van der Waals surface area contributed by atoms with Gasteiger partial charge in [0.25, 0.3) is 5.91 Å². The smallest absolute Gasteiger partial charge is 0.276 e. The zero-order valence-electron chi connectivity index (χ0n) is 11.6. The molecule has 1 aliphatic rings. The Morgan fingerprint density at radius 1 is 1.62 bits per heavy atom. The summed E-state index contributed by atoms with van der Waals surface area (Å²) in [5.41, 5.74) is 0.352. The Kier molecular flexibility index (Phi) is 4.07. The van der Waals surface area contributed by atoms with E-state index in [1.165, 1.54) is 0 Å². The molecule has 3 rings (SSSR count). The summed E-state index contributed by atoms with van der Waals surface area (Å²) in [6.07, 6.45) is 3.53. The first-order valence-corrected chi connectivity index (χ1v) is 7.57. The maximum absolute atomic E-state index is 12.4. The molecule has 112 valence electrons. The van der Waals surface area contributed by atoms with Crippen LogP contribution < -0.4 is 5.32 Å². The fourth-order valence-corrected chi connectivity index (χ4v) is 2.68. The molecule has 1 N–H and O–H groups in total. The van der Waals surface area contributed by atoms with Crippen LogP contribution in [0.4, 0.5) is 0 Å². The van der Waals surface area contributed by atoms with Crippen molar-refractivity contribution in [3.8, 4) is 0 Å². The monoisotopic (exact) mass is 353 g/mol. The molecule has 0 unspecified atom stereocenters. The number of aromatic nitrogens is 3. The summed E-state index contributed by atoms with van der Waals surface area (Å²) in [6, 6.07) is 1.99. The highest BCUT2D eigenvalue weighted by Crippen LogP contribution is 2.12. The summed E-state index contributed by atoms with van der Waals surface area (Å²) in [5, 5.41) is 11.3. The van der Waals surface area contributed by atoms with Gasteiger partial charge in [-0.15, -0.1) is 0 Å². The number of rotatable bonds is 3. The molecule has 2 aromatic heterocycles. The van der Waals surface area contributed by atoms with Crippen LogP contribution in [0.3, 0.4) is 0 Å². The molecule has 0 radical (unpaired) electrons. The normalized spacial score (nSPS) is 19.0. The van der Waals surface area contributed by atoms with Crippen LogP contribution in [0.15, 0.2) is 27.5 Å². The summed E-state index contributed by atoms with van der Waals surface area (Å²) in [4.78, 5) is 14.2. The van der Waals surface area contributed by atoms with Crippen molar-refractivity contribution in [2.45, 2.75) is 19.5 Å². The first-order valence-electron chi connectivity index (χ1n) is 6.78. The highest BCUT2D eigenvalue weighted by atomic mass is 79.9. The van der Waals surface area contributed by atoms with Gasteiger partial charge in [0.2, 0.25) is 0 Å². The third-order valence-electron chi connectivity index (χ3n) is 3.35. The molecule has 2 aromatic rings. The summed E-state index contributed by atoms with van der Waals surface area (Å²) >= 11 is 3.34. The number of amides is 1. The fraction of sp³-hybridized carbons (Fsp3) is 0.462. The Labute approximate surface area is 130 Å². The maximum Gasteiger partial charge on any atom is 0.276 e. The fourth-order valence-electron chi connectivity index (χ4n) is 2.35. The van der Waals surface area contributed by atoms with Crippen LogP contribution in [0.5, 0.6) is 0 Å². The van der Waals surface area contributed by atoms with Gasteiger partial charge in [0, 0.05) is 37.9 Å². The van der Waals surface area contributed by atoms with E-state index >= 15 is 0 Å². The number of carbonyl (C=O) groups excluding carboxylic acids is 1. The number of piperazine rings is 1. The molecule has 21 heavy (non-hydrogen) atoms. The molecule has 3 heterocycles. The number of nitrogens with zero attached hydrogens (tertiary/aromatic N) is 4. The minimum absolute atomic E-state index is 0.0833. The lowest BCUT2D eigenvalue weighted by molar-refractivity contribution is 0.0698. The second kappa shape index (κ2) is 5.98. The van der Waals surface area contributed by atoms with Gasteiger partial charge in [-0.2, -0.15) is 5.10 Å². The lowest BCUT2D eigenvalue weighted by Crippen LogP contribution is -2.51. The minimum atomic E-state index is -0.0833. The molecule has 1 atom stereocenters. The molecule has 1 saturated heterocycles. The van der Waals surface area contributed by atoms with Gasteiger partial charge in [-0.1, -0.05) is 5.16 Å². The molecular weight excluding hydrogens is 338 g/mol. The standard InChI is InChI=1S/C13H16BrN5O2/c1-9-6-18(3-2-15-9)13(20)12-4-11(21-17-12)8-19-7-10(14)5-16-19/h4-5,7,9,15H,2-3,6,8H2,1H3/t9-/m1/s1. The van der Waals surface area contributed by atoms with Crippen LogP contribution in [0.25, 0.3) is 0 Å². The quantitative estimate of drug-likeness (QED) is 0.894. The molecule has 0 aromatic carbocycles. The largest absolute Gasteiger partial charge is 0.359 e. The Bertz CT molecular complexity index is 638. The molecule has 8 heteroatoms. The summed E-state index contributed by atoms with van der Waals surface area (Å²) < 4.78 is 7.84. The molecule has 0 spiro atoms. The zero-order chi connectivity index (χ0) is 14.8. The first-order chi connectivity index (χ1) is 10.1. The SMILES string of the molecule is C[C@@H]1CN(C(=O)c2cc(Cn3cc(Br)cn3)on2)CCN1. The first kappa shape index (κ1) is 14.3. The molecule has 1 fully saturated rings. The van der Waals surface area contributed by atoms with Crippen LogP contribution >= 0.6 is 15.9 Å². The van der Waals surface area contributed by atoms with Gasteiger partial charge >= 0.3 is 0 Å². The Hall–Kier alpha value is -1.67. The molecule has 1 aliphatic heterocycles. The Balaban J connectivity index is 1.68. The van der Waals surface area contributed by atoms with Crippen LogP contribution in [-0.4, -0.2) is 51.4 Å². The van der Waals surface area contributed by atoms with E-state index in [0.717, 1.165) is 11.0 Å². The van der Waals surface area contributed by atoms with Gasteiger partial charge in [0.1, 0.15) is 6.54 Å². The Morgan fingerprint density at radius 2 is 2.48 bits per heavy atom. The zero-order valence-corrected chi connectivity index (χ0v) is 13.2. The van der Waals surface area contributed by atoms with Crippen molar-refractivity contribution in [2.24, 2.45) is 0 Å². The Morgan fingerprint density at radius 3 is 3.19 bits per heavy atom. The number of carbonyl (C=O) groups is 1. The van der Waals surface area contributed by atoms with Crippen LogP contribution in [0.1, 0.15) is 23.2 Å². The predicted octanol–water partition coefficient (Wildman–Crippen LogP) is 1.12. The molecule has 7 nitrogen and oxygen atoms in total. The van der Waals surface area contributed by atoms with Gasteiger partial charge in [-0.25, -0.2) is 0 Å². The number of nitrogens with one attached hydrogen (secondary N) is 1. The average molecular weight is 354 g/mol. The lowest BCUT2D eigenvalue weighted by atomic mass is 10.2. The third-order valence-corrected chi connectivity index (χ3v) is 3.76. The number of hydrogen-bond donors (Lipinski definition) is 1. The lowest BCUT2D eigenvalue weighted by Gasteiger charge is -2.31. The van der Waals surface area contributed by atoms with E-state index < -0.39 is 0 Å². The third kappa shape index (κ3) is 3.33. The molecule has 0 aliphatic carbocycles. The van der Waals surface area contributed by atoms with Gasteiger partial charge in [0.05, 0.1) is 10.7 Å². The van der Waals surface area contributed by atoms with Crippen LogP contribution in [0.2, 0.25) is 0 Å². The van der Waals surface area contributed by atoms with E-state index in [-0.39, 0.29) is 5.91 Å². The van der Waals surface area contributed by atoms with Crippen LogP contribution in [-0.2, 0) is 6.54 Å². The van der Waals surface area contributed by atoms with Gasteiger partial charge < -0.3 is 14.7 Å². The van der Waals surface area contributed by atoms with Gasteiger partial charge in [-0.3, -0.25) is 9.48 Å². The van der Waals surface area contributed by atoms with Crippen molar-refractivity contribution in [3.05, 3.63) is 34.4 Å². The molecule has 0 bridgehead atoms. The van der Waals surface area contributed by atoms with Crippen molar-refractivity contribution in [1.82, 2.24) is 25.2 Å². The topological polar surface area (TPSA) is 76.2 Å². The second-order valence-electron chi connectivity index (χ2n) is 5.14. The average Bonchev–Trinajstić information content (AvgIpc) is 3.08. The summed E-state index contributed by atoms with van der Waals surface area (Å²) in [6.45, 7) is 4.69. The summed E-state index contributed by atoms with van der Waals surface area (Å²) in [5.74, 6) is 0.525. The van der Waals surface area contributed by atoms with E-state index in [1.807, 2.05) is 6.20 Å². The van der Waals surface area contributed by atoms with Crippen molar-refractivity contribution < 1.29 is 9.32 Å². The van der Waals surface area contributed by atoms with Crippen LogP contribution in [0, 0.1) is 0 Å². The minimum Gasteiger partial charge on any atom is -0.359 e. The molecular formula is C13H16BrN5O2. The number of hydrogen-bond acceptors (Lipinski definition) is 5. The highest BCUT2D eigenvalue weighted by molar-refractivity contribution is 9.10. The van der Waals surface area contributed by atoms with E-state index in [4.69, 9.17) is 4.52 Å². The summed E-state index contributed by atoms with van der Waals surface area (Å²) in [7, 11) is 0. The van der Waals surface area contributed by atoms with E-state index in [1.54, 1.807) is 21.8 Å². The van der Waals surface area contributed by atoms with E-state index in [2.05, 4.69) is 38.4 Å². The second-order valence-corrected chi connectivity index (χ2v) is 6.06.